The number of allylic oxidation sites excluding steroid dienone is 8. The van der Waals surface area contributed by atoms with Crippen LogP contribution in [-0.2, 0) is 23.7 Å². The van der Waals surface area contributed by atoms with E-state index < -0.39 is 86.8 Å². The SMILES string of the molecule is CC/C=C\C/C=C\C/C=C\C/C=C\CCCCC(=O)NC(COC1OC(CO)C(OC2OC(CO)C(O)C(O)C2O)C(O)C1O)C(O)CCCCCCCCCCCCCCCCCCCCCCCCCC. The van der Waals surface area contributed by atoms with E-state index >= 15 is 0 Å². The first-order chi connectivity index (χ1) is 35.6. The Morgan fingerprint density at radius 2 is 0.945 bits per heavy atom. The van der Waals surface area contributed by atoms with Gasteiger partial charge in [0.2, 0.25) is 5.91 Å². The topological polar surface area (TPSA) is 228 Å². The van der Waals surface area contributed by atoms with Crippen molar-refractivity contribution in [2.45, 2.75) is 299 Å². The Bertz CT molecular complexity index is 1410. The van der Waals surface area contributed by atoms with Crippen molar-refractivity contribution in [3.8, 4) is 0 Å². The van der Waals surface area contributed by atoms with Gasteiger partial charge in [-0.2, -0.15) is 0 Å². The zero-order valence-electron chi connectivity index (χ0n) is 45.6. The second kappa shape index (κ2) is 45.0. The van der Waals surface area contributed by atoms with Crippen molar-refractivity contribution in [2.24, 2.45) is 0 Å². The number of unbranched alkanes of at least 4 members (excludes halogenated alkanes) is 25. The summed E-state index contributed by atoms with van der Waals surface area (Å²) >= 11 is 0. The number of hydrogen-bond acceptors (Lipinski definition) is 13. The van der Waals surface area contributed by atoms with E-state index in [-0.39, 0.29) is 18.9 Å². The Hall–Kier alpha value is -2.05. The van der Waals surface area contributed by atoms with E-state index in [1.807, 2.05) is 0 Å². The van der Waals surface area contributed by atoms with E-state index in [9.17, 15) is 45.6 Å². The van der Waals surface area contributed by atoms with Gasteiger partial charge in [-0.15, -0.1) is 0 Å². The van der Waals surface area contributed by atoms with Gasteiger partial charge in [0.1, 0.15) is 48.8 Å². The number of hydrogen-bond donors (Lipinski definition) is 9. The maximum absolute atomic E-state index is 13.2. The van der Waals surface area contributed by atoms with Gasteiger partial charge in [-0.25, -0.2) is 0 Å². The molecule has 12 unspecified atom stereocenters. The maximum atomic E-state index is 13.2. The van der Waals surface area contributed by atoms with E-state index in [0.717, 1.165) is 64.2 Å². The monoisotopic (exact) mass is 1040 g/mol. The van der Waals surface area contributed by atoms with Crippen molar-refractivity contribution in [3.63, 3.8) is 0 Å². The van der Waals surface area contributed by atoms with Gasteiger partial charge < -0.3 is 65.1 Å². The lowest BCUT2D eigenvalue weighted by molar-refractivity contribution is -0.359. The Morgan fingerprint density at radius 1 is 0.507 bits per heavy atom. The number of carbonyl (C=O) groups excluding carboxylic acids is 1. The lowest BCUT2D eigenvalue weighted by Crippen LogP contribution is -2.65. The third-order valence-corrected chi connectivity index (χ3v) is 14.3. The van der Waals surface area contributed by atoms with Crippen LogP contribution in [-0.4, -0.2) is 140 Å². The molecule has 9 N–H and O–H groups in total. The summed E-state index contributed by atoms with van der Waals surface area (Å²) in [5.41, 5.74) is 0. The number of aliphatic hydroxyl groups excluding tert-OH is 8. The van der Waals surface area contributed by atoms with E-state index in [0.29, 0.717) is 12.8 Å². The molecule has 2 aliphatic rings. The molecule has 2 saturated heterocycles. The van der Waals surface area contributed by atoms with Crippen LogP contribution in [0.5, 0.6) is 0 Å². The molecule has 0 aromatic heterocycles. The lowest BCUT2D eigenvalue weighted by Gasteiger charge is -2.46. The number of ether oxygens (including phenoxy) is 4. The van der Waals surface area contributed by atoms with Gasteiger partial charge in [-0.3, -0.25) is 4.79 Å². The maximum Gasteiger partial charge on any atom is 0.220 e. The van der Waals surface area contributed by atoms with Crippen LogP contribution in [0.4, 0.5) is 0 Å². The van der Waals surface area contributed by atoms with Gasteiger partial charge in [0.05, 0.1) is 32.0 Å². The first-order valence-electron chi connectivity index (χ1n) is 29.4. The summed E-state index contributed by atoms with van der Waals surface area (Å²) in [6, 6.07) is -0.852. The Labute approximate surface area is 442 Å². The first kappa shape index (κ1) is 67.1. The highest BCUT2D eigenvalue weighted by Gasteiger charge is 2.51. The number of aliphatic hydroxyl groups is 8. The van der Waals surface area contributed by atoms with Crippen molar-refractivity contribution in [3.05, 3.63) is 48.6 Å². The molecule has 1 amide bonds. The third-order valence-electron chi connectivity index (χ3n) is 14.3. The van der Waals surface area contributed by atoms with E-state index in [1.54, 1.807) is 0 Å². The molecule has 0 aromatic rings. The first-order valence-corrected chi connectivity index (χ1v) is 29.4. The van der Waals surface area contributed by atoms with Gasteiger partial charge >= 0.3 is 0 Å². The summed E-state index contributed by atoms with van der Waals surface area (Å²) in [7, 11) is 0. The molecule has 0 radical (unpaired) electrons. The number of nitrogens with one attached hydrogen (secondary N) is 1. The third kappa shape index (κ3) is 31.1. The average Bonchev–Trinajstić information content (AvgIpc) is 3.39. The predicted octanol–water partition coefficient (Wildman–Crippen LogP) is 9.61. The molecule has 2 fully saturated rings. The number of rotatable bonds is 46. The molecular weight excluding hydrogens is 931 g/mol. The Morgan fingerprint density at radius 3 is 1.42 bits per heavy atom. The van der Waals surface area contributed by atoms with Crippen molar-refractivity contribution in [2.75, 3.05) is 19.8 Å². The predicted molar refractivity (Wildman–Crippen MR) is 291 cm³/mol. The van der Waals surface area contributed by atoms with Crippen LogP contribution in [0.25, 0.3) is 0 Å². The second-order valence-electron chi connectivity index (χ2n) is 20.7. The van der Waals surface area contributed by atoms with Crippen molar-refractivity contribution in [1.82, 2.24) is 5.32 Å². The highest BCUT2D eigenvalue weighted by atomic mass is 16.7. The number of amides is 1. The summed E-state index contributed by atoms with van der Waals surface area (Å²) in [5.74, 6) is -0.247. The van der Waals surface area contributed by atoms with Gasteiger partial charge in [0.15, 0.2) is 12.6 Å². The van der Waals surface area contributed by atoms with Gasteiger partial charge in [-0.1, -0.05) is 217 Å². The normalized spacial score (nSPS) is 25.7. The largest absolute Gasteiger partial charge is 0.394 e. The van der Waals surface area contributed by atoms with Crippen LogP contribution in [0.15, 0.2) is 48.6 Å². The summed E-state index contributed by atoms with van der Waals surface area (Å²) in [5, 5.41) is 87.2. The lowest BCUT2D eigenvalue weighted by atomic mass is 9.97. The molecule has 0 aliphatic carbocycles. The van der Waals surface area contributed by atoms with Crippen molar-refractivity contribution < 1.29 is 64.6 Å². The minimum Gasteiger partial charge on any atom is -0.394 e. The molecule has 73 heavy (non-hydrogen) atoms. The van der Waals surface area contributed by atoms with Crippen LogP contribution in [0.3, 0.4) is 0 Å². The minimum atomic E-state index is -1.79. The quantitative estimate of drug-likeness (QED) is 0.0205. The van der Waals surface area contributed by atoms with Gasteiger partial charge in [0, 0.05) is 6.42 Å². The van der Waals surface area contributed by atoms with Crippen LogP contribution in [0.1, 0.15) is 226 Å². The Balaban J connectivity index is 1.75. The molecule has 2 rings (SSSR count). The standard InChI is InChI=1S/C59H107NO13/c1-3-5-7-9-11-13-15-17-19-20-21-22-23-24-25-26-27-29-30-32-34-36-38-40-42-48(63)47(60-51(64)43-41-39-37-35-33-31-28-18-16-14-12-10-8-6-4-2)46-70-58-56(69)54(67)57(50(45-62)72-58)73-59-55(68)53(66)52(65)49(44-61)71-59/h6,8,12,14,18,28,33,35,47-50,52-59,61-63,65-69H,3-5,7,9-11,13,15-17,19-27,29-32,34,36-46H2,1-2H3,(H,60,64)/b8-6-,14-12-,28-18-,35-33-. The summed E-state index contributed by atoms with van der Waals surface area (Å²) < 4.78 is 22.8. The minimum absolute atomic E-state index is 0.247. The van der Waals surface area contributed by atoms with Crippen molar-refractivity contribution >= 4 is 5.91 Å². The molecular formula is C59H107NO13. The average molecular weight is 1040 g/mol. The fourth-order valence-electron chi connectivity index (χ4n) is 9.58. The van der Waals surface area contributed by atoms with E-state index in [1.165, 1.54) is 128 Å². The fraction of sp³-hybridized carbons (Fsp3) is 0.847. The molecule has 14 nitrogen and oxygen atoms in total. The van der Waals surface area contributed by atoms with Crippen LogP contribution in [0, 0.1) is 0 Å². The molecule has 2 aliphatic heterocycles. The summed E-state index contributed by atoms with van der Waals surface area (Å²) in [6.45, 7) is 2.72. The van der Waals surface area contributed by atoms with Gasteiger partial charge in [-0.05, 0) is 51.4 Å². The molecule has 0 aromatic carbocycles. The molecule has 12 atom stereocenters. The number of carbonyl (C=O) groups is 1. The van der Waals surface area contributed by atoms with E-state index in [2.05, 4.69) is 67.8 Å². The molecule has 0 bridgehead atoms. The fourth-order valence-corrected chi connectivity index (χ4v) is 9.58. The van der Waals surface area contributed by atoms with Crippen LogP contribution in [0.2, 0.25) is 0 Å². The summed E-state index contributed by atoms with van der Waals surface area (Å²) in [4.78, 5) is 13.2. The zero-order valence-corrected chi connectivity index (χ0v) is 45.6. The molecule has 2 heterocycles. The molecule has 0 spiro atoms. The zero-order chi connectivity index (χ0) is 53.2. The second-order valence-corrected chi connectivity index (χ2v) is 20.7. The molecule has 426 valence electrons. The highest BCUT2D eigenvalue weighted by Crippen LogP contribution is 2.30. The van der Waals surface area contributed by atoms with Crippen LogP contribution < -0.4 is 5.32 Å². The molecule has 0 saturated carbocycles. The van der Waals surface area contributed by atoms with Crippen molar-refractivity contribution in [1.29, 1.82) is 0 Å². The van der Waals surface area contributed by atoms with E-state index in [4.69, 9.17) is 18.9 Å². The molecule has 14 heteroatoms. The van der Waals surface area contributed by atoms with Crippen LogP contribution >= 0.6 is 0 Å². The highest BCUT2D eigenvalue weighted by molar-refractivity contribution is 5.76. The summed E-state index contributed by atoms with van der Waals surface area (Å²) in [6.07, 6.45) is 38.4. The smallest absolute Gasteiger partial charge is 0.220 e. The van der Waals surface area contributed by atoms with Gasteiger partial charge in [0.25, 0.3) is 0 Å². The Kier molecular flexibility index (Phi) is 41.4.